The maximum Gasteiger partial charge on any atom is 0.406 e. The van der Waals surface area contributed by atoms with Gasteiger partial charge >= 0.3 is 6.85 Å². The van der Waals surface area contributed by atoms with Gasteiger partial charge in [0.05, 0.1) is 24.2 Å². The molecular weight excluding hydrogens is 369 g/mol. The molecule has 1 aliphatic heterocycles. The van der Waals surface area contributed by atoms with Gasteiger partial charge in [-0.05, 0) is 56.4 Å². The number of furan rings is 1. The zero-order chi connectivity index (χ0) is 23.5. The van der Waals surface area contributed by atoms with Crippen molar-refractivity contribution in [1.29, 1.82) is 0 Å². The van der Waals surface area contributed by atoms with E-state index in [1.54, 1.807) is 0 Å². The average molecular weight is 397 g/mol. The van der Waals surface area contributed by atoms with E-state index in [9.17, 15) is 0 Å². The van der Waals surface area contributed by atoms with Crippen LogP contribution in [0.2, 0.25) is 6.82 Å². The van der Waals surface area contributed by atoms with E-state index in [1.165, 1.54) is 0 Å². The summed E-state index contributed by atoms with van der Waals surface area (Å²) in [6, 6.07) is 16.2. The fourth-order valence-electron chi connectivity index (χ4n) is 4.28. The minimum Gasteiger partial charge on any atom is -0.404 e. The third kappa shape index (κ3) is 2.85. The third-order valence-corrected chi connectivity index (χ3v) is 5.77. The first-order valence-electron chi connectivity index (χ1n) is 11.6. The van der Waals surface area contributed by atoms with Crippen molar-refractivity contribution in [3.63, 3.8) is 0 Å². The number of hydrogen-bond donors (Lipinski definition) is 0. The Bertz CT molecular complexity index is 1410. The molecule has 0 saturated heterocycles. The SMILES string of the molecule is [2H]C([2H])([2H])C1=CB(C)N(c2cc(C)c(-c3ccccc3)c[n+]2C)c2oc3nc(C)ccc3c21. The summed E-state index contributed by atoms with van der Waals surface area (Å²) in [6.45, 7) is 3.50. The summed E-state index contributed by atoms with van der Waals surface area (Å²) in [4.78, 5) is 6.59. The summed E-state index contributed by atoms with van der Waals surface area (Å²) in [5, 5.41) is 0.718. The molecule has 0 aliphatic carbocycles. The van der Waals surface area contributed by atoms with Gasteiger partial charge in [0.25, 0.3) is 11.7 Å². The number of pyridine rings is 2. The molecular formula is C25H25BN3O+. The molecule has 3 aromatic heterocycles. The van der Waals surface area contributed by atoms with Gasteiger partial charge in [-0.25, -0.2) is 9.55 Å². The molecule has 4 nitrogen and oxygen atoms in total. The van der Waals surface area contributed by atoms with E-state index >= 15 is 0 Å². The predicted molar refractivity (Wildman–Crippen MR) is 124 cm³/mol. The molecule has 0 unspecified atom stereocenters. The van der Waals surface area contributed by atoms with Gasteiger partial charge in [0, 0.05) is 21.4 Å². The van der Waals surface area contributed by atoms with Crippen molar-refractivity contribution in [2.75, 3.05) is 4.81 Å². The summed E-state index contributed by atoms with van der Waals surface area (Å²) in [6.07, 6.45) is 2.11. The molecule has 1 aliphatic rings. The first-order valence-corrected chi connectivity index (χ1v) is 10.1. The molecule has 4 aromatic rings. The van der Waals surface area contributed by atoms with Crippen LogP contribution >= 0.6 is 0 Å². The number of aromatic nitrogens is 2. The van der Waals surface area contributed by atoms with E-state index in [2.05, 4.69) is 45.7 Å². The summed E-state index contributed by atoms with van der Waals surface area (Å²) < 4.78 is 32.8. The van der Waals surface area contributed by atoms with E-state index in [4.69, 9.17) is 8.53 Å². The lowest BCUT2D eigenvalue weighted by Gasteiger charge is -2.24. The third-order valence-electron chi connectivity index (χ3n) is 5.77. The lowest BCUT2D eigenvalue weighted by molar-refractivity contribution is -0.657. The van der Waals surface area contributed by atoms with Crippen molar-refractivity contribution in [1.82, 2.24) is 4.98 Å². The topological polar surface area (TPSA) is 33.2 Å². The van der Waals surface area contributed by atoms with Crippen molar-refractivity contribution >= 4 is 35.2 Å². The molecule has 0 atom stereocenters. The molecule has 5 heteroatoms. The zero-order valence-corrected chi connectivity index (χ0v) is 17.6. The highest BCUT2D eigenvalue weighted by Gasteiger charge is 2.39. The van der Waals surface area contributed by atoms with Gasteiger partial charge in [-0.15, -0.1) is 0 Å². The van der Waals surface area contributed by atoms with Crippen molar-refractivity contribution in [3.05, 3.63) is 77.5 Å². The first kappa shape index (κ1) is 15.5. The van der Waals surface area contributed by atoms with Crippen molar-refractivity contribution in [2.45, 2.75) is 27.5 Å². The first-order chi connectivity index (χ1) is 15.6. The number of fused-ring (bicyclic) bond motifs is 3. The van der Waals surface area contributed by atoms with Gasteiger partial charge in [-0.2, -0.15) is 0 Å². The number of nitrogens with zero attached hydrogens (tertiary/aromatic N) is 3. The second kappa shape index (κ2) is 6.87. The quantitative estimate of drug-likeness (QED) is 0.324. The molecule has 4 heterocycles. The minimum atomic E-state index is -2.26. The zero-order valence-electron chi connectivity index (χ0n) is 20.6. The van der Waals surface area contributed by atoms with E-state index in [1.807, 2.05) is 57.1 Å². The van der Waals surface area contributed by atoms with Crippen molar-refractivity contribution in [2.24, 2.45) is 7.05 Å². The molecule has 0 spiro atoms. The van der Waals surface area contributed by atoms with Crippen LogP contribution in [-0.2, 0) is 7.05 Å². The van der Waals surface area contributed by atoms with Gasteiger partial charge in [0.1, 0.15) is 0 Å². The Morgan fingerprint density at radius 2 is 1.93 bits per heavy atom. The smallest absolute Gasteiger partial charge is 0.404 e. The summed E-state index contributed by atoms with van der Waals surface area (Å²) in [5.41, 5.74) is 5.60. The number of rotatable bonds is 2. The highest BCUT2D eigenvalue weighted by atomic mass is 16.4. The molecule has 0 amide bonds. The molecule has 30 heavy (non-hydrogen) atoms. The van der Waals surface area contributed by atoms with Gasteiger partial charge in [-0.3, -0.25) is 4.81 Å². The van der Waals surface area contributed by atoms with Gasteiger partial charge in [-0.1, -0.05) is 36.3 Å². The van der Waals surface area contributed by atoms with Crippen LogP contribution < -0.4 is 9.38 Å². The largest absolute Gasteiger partial charge is 0.406 e. The fourth-order valence-corrected chi connectivity index (χ4v) is 4.28. The Morgan fingerprint density at radius 3 is 2.70 bits per heavy atom. The summed E-state index contributed by atoms with van der Waals surface area (Å²) in [7, 11) is 2.00. The molecule has 0 N–H and O–H groups in total. The van der Waals surface area contributed by atoms with Crippen LogP contribution in [0.1, 0.15) is 27.8 Å². The highest BCUT2D eigenvalue weighted by Crippen LogP contribution is 2.43. The summed E-state index contributed by atoms with van der Waals surface area (Å²) in [5.74, 6) is 3.26. The Kier molecular flexibility index (Phi) is 3.55. The van der Waals surface area contributed by atoms with Gasteiger partial charge < -0.3 is 4.42 Å². The van der Waals surface area contributed by atoms with Crippen LogP contribution in [0, 0.1) is 13.8 Å². The molecule has 0 saturated carbocycles. The van der Waals surface area contributed by atoms with Crippen molar-refractivity contribution in [3.8, 4) is 11.1 Å². The van der Waals surface area contributed by atoms with E-state index in [0.717, 1.165) is 33.6 Å². The molecule has 0 fully saturated rings. The van der Waals surface area contributed by atoms with E-state index < -0.39 is 6.85 Å². The van der Waals surface area contributed by atoms with Gasteiger partial charge in [0.15, 0.2) is 0 Å². The number of aryl methyl sites for hydroxylation is 3. The van der Waals surface area contributed by atoms with E-state index in [0.29, 0.717) is 22.7 Å². The molecule has 5 rings (SSSR count). The minimum absolute atomic E-state index is 0.220. The highest BCUT2D eigenvalue weighted by molar-refractivity contribution is 6.70. The Balaban J connectivity index is 1.73. The number of allylic oxidation sites excluding steroid dienone is 1. The monoisotopic (exact) mass is 397 g/mol. The van der Waals surface area contributed by atoms with Crippen LogP contribution in [0.4, 0.5) is 11.7 Å². The van der Waals surface area contributed by atoms with Crippen LogP contribution in [0.25, 0.3) is 27.8 Å². The number of anilines is 2. The maximum absolute atomic E-state index is 8.15. The number of hydrogen-bond acceptors (Lipinski definition) is 3. The van der Waals surface area contributed by atoms with Gasteiger partial charge in [0.2, 0.25) is 5.71 Å². The molecule has 0 bridgehead atoms. The van der Waals surface area contributed by atoms with Crippen LogP contribution in [0.3, 0.4) is 0 Å². The second-order valence-corrected chi connectivity index (χ2v) is 7.98. The fraction of sp³-hybridized carbons (Fsp3) is 0.200. The number of benzene rings is 1. The normalized spacial score (nSPS) is 15.5. The predicted octanol–water partition coefficient (Wildman–Crippen LogP) is 5.65. The van der Waals surface area contributed by atoms with Crippen molar-refractivity contribution < 1.29 is 13.1 Å². The average Bonchev–Trinajstić information content (AvgIpc) is 3.12. The van der Waals surface area contributed by atoms with Crippen LogP contribution in [-0.4, -0.2) is 11.8 Å². The van der Waals surface area contributed by atoms with Crippen LogP contribution in [0.15, 0.2) is 65.1 Å². The van der Waals surface area contributed by atoms with Crippen LogP contribution in [0.5, 0.6) is 0 Å². The molecule has 0 radical (unpaired) electrons. The standard InChI is InChI=1S/C25H25BN3O/c1-16-13-22(28(5)15-21(16)19-9-7-6-8-10-19)29-25-23(17(2)14-26(29)4)20-12-11-18(3)27-24(20)30-25/h6-15H,1-5H3/q+1/i2D3. The molecule has 1 aromatic carbocycles. The maximum atomic E-state index is 8.15. The Morgan fingerprint density at radius 1 is 1.13 bits per heavy atom. The second-order valence-electron chi connectivity index (χ2n) is 7.98. The Labute approximate surface area is 181 Å². The Hall–Kier alpha value is -3.34. The molecule has 148 valence electrons. The summed E-state index contributed by atoms with van der Waals surface area (Å²) >= 11 is 0. The lowest BCUT2D eigenvalue weighted by Crippen LogP contribution is -2.44. The van der Waals surface area contributed by atoms with E-state index in [-0.39, 0.29) is 6.85 Å². The lowest BCUT2D eigenvalue weighted by atomic mass is 9.59.